The first-order valence-corrected chi connectivity index (χ1v) is 5.76. The van der Waals surface area contributed by atoms with Crippen LogP contribution in [0.2, 0.25) is 0 Å². The predicted molar refractivity (Wildman–Crippen MR) is 63.4 cm³/mol. The van der Waals surface area contributed by atoms with Crippen molar-refractivity contribution in [2.75, 3.05) is 7.05 Å². The predicted octanol–water partition coefficient (Wildman–Crippen LogP) is 0.133. The number of likely N-dealkylation sites (tertiary alicyclic amines) is 1. The summed E-state index contributed by atoms with van der Waals surface area (Å²) in [6, 6.07) is 0.857. The SMILES string of the molecule is Cc1oc(C(=O)O)cc1CNC1CC(=O)N(C)C1=O. The van der Waals surface area contributed by atoms with Gasteiger partial charge in [-0.05, 0) is 13.0 Å². The summed E-state index contributed by atoms with van der Waals surface area (Å²) in [4.78, 5) is 34.8. The first-order valence-electron chi connectivity index (χ1n) is 5.76. The fourth-order valence-electron chi connectivity index (χ4n) is 1.95. The molecule has 1 aromatic heterocycles. The molecule has 0 radical (unpaired) electrons. The lowest BCUT2D eigenvalue weighted by Gasteiger charge is -2.10. The molecule has 1 fully saturated rings. The van der Waals surface area contributed by atoms with Crippen LogP contribution in [0.15, 0.2) is 10.5 Å². The van der Waals surface area contributed by atoms with Gasteiger partial charge < -0.3 is 14.8 Å². The molecule has 1 aliphatic heterocycles. The first-order chi connectivity index (χ1) is 8.90. The van der Waals surface area contributed by atoms with E-state index in [1.54, 1.807) is 6.92 Å². The highest BCUT2D eigenvalue weighted by Crippen LogP contribution is 2.16. The molecule has 1 unspecified atom stereocenters. The zero-order valence-electron chi connectivity index (χ0n) is 10.6. The van der Waals surface area contributed by atoms with Gasteiger partial charge in [0.05, 0.1) is 12.5 Å². The van der Waals surface area contributed by atoms with Crippen molar-refractivity contribution in [3.05, 3.63) is 23.2 Å². The van der Waals surface area contributed by atoms with E-state index in [-0.39, 0.29) is 30.5 Å². The third kappa shape index (κ3) is 2.50. The van der Waals surface area contributed by atoms with Crippen molar-refractivity contribution in [3.8, 4) is 0 Å². The number of amides is 2. The van der Waals surface area contributed by atoms with Gasteiger partial charge in [-0.25, -0.2) is 4.79 Å². The van der Waals surface area contributed by atoms with E-state index in [4.69, 9.17) is 9.52 Å². The Hall–Kier alpha value is -2.15. The van der Waals surface area contributed by atoms with Gasteiger partial charge in [0.2, 0.25) is 17.6 Å². The Balaban J connectivity index is 2.02. The van der Waals surface area contributed by atoms with Crippen LogP contribution in [0.25, 0.3) is 0 Å². The zero-order valence-corrected chi connectivity index (χ0v) is 10.6. The number of carbonyl (C=O) groups excluding carboxylic acids is 2. The van der Waals surface area contributed by atoms with Crippen molar-refractivity contribution in [3.63, 3.8) is 0 Å². The molecule has 0 saturated carbocycles. The molecule has 1 saturated heterocycles. The largest absolute Gasteiger partial charge is 0.475 e. The van der Waals surface area contributed by atoms with E-state index in [1.807, 2.05) is 0 Å². The van der Waals surface area contributed by atoms with Gasteiger partial charge in [0.1, 0.15) is 5.76 Å². The van der Waals surface area contributed by atoms with Crippen molar-refractivity contribution in [2.45, 2.75) is 25.9 Å². The Labute approximate surface area is 109 Å². The summed E-state index contributed by atoms with van der Waals surface area (Å²) in [6.45, 7) is 1.93. The summed E-state index contributed by atoms with van der Waals surface area (Å²) in [5.41, 5.74) is 0.659. The number of carboxylic acid groups (broad SMARTS) is 1. The highest BCUT2D eigenvalue weighted by Gasteiger charge is 2.35. The standard InChI is InChI=1S/C12H14N2O5/c1-6-7(3-9(19-6)12(17)18)5-13-8-4-10(15)14(2)11(8)16/h3,8,13H,4-5H2,1-2H3,(H,17,18). The van der Waals surface area contributed by atoms with Crippen LogP contribution in [0, 0.1) is 6.92 Å². The monoisotopic (exact) mass is 266 g/mol. The van der Waals surface area contributed by atoms with Crippen LogP contribution in [0.5, 0.6) is 0 Å². The number of carbonyl (C=O) groups is 3. The lowest BCUT2D eigenvalue weighted by molar-refractivity contribution is -0.137. The Morgan fingerprint density at radius 2 is 2.26 bits per heavy atom. The van der Waals surface area contributed by atoms with Crippen molar-refractivity contribution in [1.82, 2.24) is 10.2 Å². The van der Waals surface area contributed by atoms with Gasteiger partial charge in [-0.15, -0.1) is 0 Å². The molecule has 7 heteroatoms. The number of imide groups is 1. The molecule has 19 heavy (non-hydrogen) atoms. The summed E-state index contributed by atoms with van der Waals surface area (Å²) in [5.74, 6) is -1.29. The molecule has 2 amide bonds. The van der Waals surface area contributed by atoms with Crippen molar-refractivity contribution < 1.29 is 23.9 Å². The number of aryl methyl sites for hydroxylation is 1. The number of nitrogens with zero attached hydrogens (tertiary/aromatic N) is 1. The van der Waals surface area contributed by atoms with Gasteiger partial charge in [-0.1, -0.05) is 0 Å². The molecule has 1 atom stereocenters. The highest BCUT2D eigenvalue weighted by atomic mass is 16.4. The Kier molecular flexibility index (Phi) is 3.39. The molecular weight excluding hydrogens is 252 g/mol. The number of hydrogen-bond acceptors (Lipinski definition) is 5. The van der Waals surface area contributed by atoms with Gasteiger partial charge in [0.25, 0.3) is 0 Å². The van der Waals surface area contributed by atoms with Gasteiger partial charge in [-0.2, -0.15) is 0 Å². The van der Waals surface area contributed by atoms with Crippen molar-refractivity contribution >= 4 is 17.8 Å². The minimum absolute atomic E-state index is 0.123. The first kappa shape index (κ1) is 13.3. The fourth-order valence-corrected chi connectivity index (χ4v) is 1.95. The van der Waals surface area contributed by atoms with E-state index >= 15 is 0 Å². The number of nitrogens with one attached hydrogen (secondary N) is 1. The molecule has 1 aromatic rings. The maximum atomic E-state index is 11.7. The maximum Gasteiger partial charge on any atom is 0.371 e. The van der Waals surface area contributed by atoms with Crippen LogP contribution in [0.4, 0.5) is 0 Å². The van der Waals surface area contributed by atoms with E-state index in [2.05, 4.69) is 5.32 Å². The number of furan rings is 1. The summed E-state index contributed by atoms with van der Waals surface area (Å²) in [6.07, 6.45) is 0.123. The minimum Gasteiger partial charge on any atom is -0.475 e. The van der Waals surface area contributed by atoms with E-state index in [0.717, 1.165) is 4.90 Å². The van der Waals surface area contributed by atoms with Gasteiger partial charge in [0.15, 0.2) is 0 Å². The van der Waals surface area contributed by atoms with Gasteiger partial charge >= 0.3 is 5.97 Å². The molecule has 1 aliphatic rings. The Bertz CT molecular complexity index is 548. The zero-order chi connectivity index (χ0) is 14.2. The van der Waals surface area contributed by atoms with Crippen LogP contribution < -0.4 is 5.32 Å². The number of rotatable bonds is 4. The summed E-state index contributed by atoms with van der Waals surface area (Å²) in [5, 5.41) is 11.7. The Morgan fingerprint density at radius 1 is 1.58 bits per heavy atom. The third-order valence-electron chi connectivity index (χ3n) is 3.15. The highest BCUT2D eigenvalue weighted by molar-refractivity contribution is 6.05. The van der Waals surface area contributed by atoms with Crippen LogP contribution >= 0.6 is 0 Å². The smallest absolute Gasteiger partial charge is 0.371 e. The van der Waals surface area contributed by atoms with E-state index < -0.39 is 12.0 Å². The summed E-state index contributed by atoms with van der Waals surface area (Å²) < 4.78 is 5.06. The molecule has 102 valence electrons. The van der Waals surface area contributed by atoms with Crippen LogP contribution in [0.1, 0.15) is 28.3 Å². The number of hydrogen-bond donors (Lipinski definition) is 2. The molecule has 2 N–H and O–H groups in total. The second-order valence-electron chi connectivity index (χ2n) is 4.43. The molecule has 0 aliphatic carbocycles. The van der Waals surface area contributed by atoms with Crippen LogP contribution in [-0.4, -0.2) is 40.9 Å². The minimum atomic E-state index is -1.14. The topological polar surface area (TPSA) is 99.8 Å². The second kappa shape index (κ2) is 4.85. The van der Waals surface area contributed by atoms with E-state index in [9.17, 15) is 14.4 Å². The number of carboxylic acids is 1. The average Bonchev–Trinajstić information content (AvgIpc) is 2.83. The Morgan fingerprint density at radius 3 is 2.74 bits per heavy atom. The fraction of sp³-hybridized carbons (Fsp3) is 0.417. The molecule has 0 aromatic carbocycles. The van der Waals surface area contributed by atoms with Crippen molar-refractivity contribution in [1.29, 1.82) is 0 Å². The van der Waals surface area contributed by atoms with Crippen molar-refractivity contribution in [2.24, 2.45) is 0 Å². The van der Waals surface area contributed by atoms with E-state index in [0.29, 0.717) is 11.3 Å². The summed E-state index contributed by atoms with van der Waals surface area (Å²) >= 11 is 0. The van der Waals surface area contributed by atoms with Gasteiger partial charge in [-0.3, -0.25) is 14.5 Å². The molecule has 0 spiro atoms. The van der Waals surface area contributed by atoms with Crippen LogP contribution in [0.3, 0.4) is 0 Å². The van der Waals surface area contributed by atoms with E-state index in [1.165, 1.54) is 13.1 Å². The maximum absolute atomic E-state index is 11.7. The number of aromatic carboxylic acids is 1. The molecule has 7 nitrogen and oxygen atoms in total. The quantitative estimate of drug-likeness (QED) is 0.751. The average molecular weight is 266 g/mol. The number of likely N-dealkylation sites (N-methyl/N-ethyl adjacent to an activating group) is 1. The molecular formula is C12H14N2O5. The van der Waals surface area contributed by atoms with Gasteiger partial charge in [0, 0.05) is 19.2 Å². The third-order valence-corrected chi connectivity index (χ3v) is 3.15. The normalized spacial score (nSPS) is 19.3. The molecule has 2 heterocycles. The molecule has 2 rings (SSSR count). The lowest BCUT2D eigenvalue weighted by atomic mass is 10.2. The molecule has 0 bridgehead atoms. The summed E-state index contributed by atoms with van der Waals surface area (Å²) in [7, 11) is 1.44. The van der Waals surface area contributed by atoms with Crippen LogP contribution in [-0.2, 0) is 16.1 Å². The second-order valence-corrected chi connectivity index (χ2v) is 4.43. The lowest BCUT2D eigenvalue weighted by Crippen LogP contribution is -2.36.